The SMILES string of the molecule is O=C(CC1CS(=O)C1)c1cc(NC(=O)C2C(c3cc(Cl)c(Cl)c(Cl)c3)C2(Cl)Cl)ccc1Cl.O=C(CC1CS(=O)C1)c1cc(NC(=O)C2C(c3cc(Cl)c(Cl)c(Cl)c3)C2(Cl)Cl)ccc1Cl. The molecule has 2 aliphatic carbocycles. The van der Waals surface area contributed by atoms with E-state index in [0.717, 1.165) is 0 Å². The van der Waals surface area contributed by atoms with E-state index in [9.17, 15) is 27.6 Å². The van der Waals surface area contributed by atoms with Gasteiger partial charge < -0.3 is 10.6 Å². The summed E-state index contributed by atoms with van der Waals surface area (Å²) in [6.07, 6.45) is 0.524. The maximum absolute atomic E-state index is 12.9. The van der Waals surface area contributed by atoms with Gasteiger partial charge in [-0.25, -0.2) is 0 Å². The summed E-state index contributed by atoms with van der Waals surface area (Å²) in [4.78, 5) is 51.1. The number of benzene rings is 4. The third-order valence-electron chi connectivity index (χ3n) is 11.1. The minimum atomic E-state index is -1.35. The molecule has 0 radical (unpaired) electrons. The number of alkyl halides is 4. The Morgan fingerprint density at radius 1 is 0.500 bits per heavy atom. The van der Waals surface area contributed by atoms with Crippen LogP contribution in [0.2, 0.25) is 40.2 Å². The van der Waals surface area contributed by atoms with Gasteiger partial charge in [-0.1, -0.05) is 92.8 Å². The minimum absolute atomic E-state index is 0.0935. The zero-order valence-corrected chi connectivity index (χ0v) is 43.0. The average Bonchev–Trinajstić information content (AvgIpc) is 4.01. The topological polar surface area (TPSA) is 126 Å². The summed E-state index contributed by atoms with van der Waals surface area (Å²) in [5, 5.41) is 7.43. The van der Waals surface area contributed by atoms with Gasteiger partial charge in [-0.3, -0.25) is 27.6 Å². The lowest BCUT2D eigenvalue weighted by Gasteiger charge is -2.24. The molecule has 2 saturated heterocycles. The minimum Gasteiger partial charge on any atom is -0.326 e. The largest absolute Gasteiger partial charge is 0.326 e. The molecule has 4 aliphatic rings. The number of anilines is 2. The summed E-state index contributed by atoms with van der Waals surface area (Å²) in [7, 11) is -1.67. The molecule has 4 atom stereocenters. The van der Waals surface area contributed by atoms with Crippen molar-refractivity contribution >= 4 is 196 Å². The van der Waals surface area contributed by atoms with Crippen molar-refractivity contribution < 1.29 is 27.6 Å². The molecule has 4 aromatic rings. The second kappa shape index (κ2) is 20.1. The predicted molar refractivity (Wildman–Crippen MR) is 265 cm³/mol. The molecule has 64 heavy (non-hydrogen) atoms. The van der Waals surface area contributed by atoms with Crippen molar-refractivity contribution in [1.29, 1.82) is 0 Å². The first-order valence-electron chi connectivity index (χ1n) is 19.0. The number of rotatable bonds is 12. The normalized spacial score (nSPS) is 25.7. The van der Waals surface area contributed by atoms with E-state index in [2.05, 4.69) is 10.6 Å². The van der Waals surface area contributed by atoms with E-state index >= 15 is 0 Å². The molecule has 2 aliphatic heterocycles. The van der Waals surface area contributed by atoms with Crippen LogP contribution >= 0.6 is 139 Å². The monoisotopic (exact) mass is 1140 g/mol. The fraction of sp³-hybridized carbons (Fsp3) is 0.333. The van der Waals surface area contributed by atoms with Crippen LogP contribution in [-0.2, 0) is 31.2 Å². The van der Waals surface area contributed by atoms with Crippen molar-refractivity contribution in [3.05, 3.63) is 123 Å². The van der Waals surface area contributed by atoms with Crippen LogP contribution in [0.1, 0.15) is 56.5 Å². The van der Waals surface area contributed by atoms with Crippen molar-refractivity contribution in [3.63, 3.8) is 0 Å². The molecule has 2 N–H and O–H groups in total. The van der Waals surface area contributed by atoms with E-state index in [1.807, 2.05) is 0 Å². The van der Waals surface area contributed by atoms with Gasteiger partial charge in [0, 0.05) is 91.8 Å². The average molecular weight is 1150 g/mol. The highest BCUT2D eigenvalue weighted by Gasteiger charge is 2.68. The number of halogens is 12. The molecule has 0 bridgehead atoms. The van der Waals surface area contributed by atoms with E-state index in [0.29, 0.717) is 56.6 Å². The second-order valence-corrected chi connectivity index (χ2v) is 24.9. The molecule has 4 aromatic carbocycles. The number of nitrogens with one attached hydrogen (secondary N) is 2. The highest BCUT2D eigenvalue weighted by Crippen LogP contribution is 2.67. The van der Waals surface area contributed by atoms with Crippen LogP contribution in [0, 0.1) is 23.7 Å². The number of Topliss-reactive ketones (excluding diaryl/α,β-unsaturated/α-hetero) is 2. The van der Waals surface area contributed by atoms with Gasteiger partial charge in [0.25, 0.3) is 0 Å². The zero-order chi connectivity index (χ0) is 46.7. The van der Waals surface area contributed by atoms with Crippen LogP contribution in [0.25, 0.3) is 0 Å². The van der Waals surface area contributed by atoms with Gasteiger partial charge in [0.15, 0.2) is 11.6 Å². The molecular weight excluding hydrogens is 1120 g/mol. The summed E-state index contributed by atoms with van der Waals surface area (Å²) in [6, 6.07) is 15.6. The Hall–Kier alpha value is -1.06. The van der Waals surface area contributed by atoms with Crippen molar-refractivity contribution in [2.45, 2.75) is 33.3 Å². The summed E-state index contributed by atoms with van der Waals surface area (Å²) in [5.41, 5.74) is 2.57. The number of carbonyl (C=O) groups is 4. The number of carbonyl (C=O) groups excluding carboxylic acids is 4. The standard InChI is InChI=1S/2C21H15Cl6NO3S/c2*22-13-2-1-11(6-12(13)16(29)3-9-7-32(31)8-9)28-20(30)18-17(21(18,26)27)10-4-14(23)19(25)15(24)5-10/h2*1-2,4-6,9,17-18H,3,7-8H2,(H,28,30). The smallest absolute Gasteiger partial charge is 0.231 e. The van der Waals surface area contributed by atoms with Crippen LogP contribution in [0.5, 0.6) is 0 Å². The van der Waals surface area contributed by atoms with Gasteiger partial charge in [0.2, 0.25) is 11.8 Å². The summed E-state index contributed by atoms with van der Waals surface area (Å²) in [5.74, 6) is -1.48. The second-order valence-electron chi connectivity index (χ2n) is 15.8. The zero-order valence-electron chi connectivity index (χ0n) is 32.3. The van der Waals surface area contributed by atoms with E-state index < -0.39 is 65.8 Å². The first kappa shape index (κ1) is 50.8. The third-order valence-corrected chi connectivity index (χ3v) is 19.4. The summed E-state index contributed by atoms with van der Waals surface area (Å²) in [6.45, 7) is 0. The van der Waals surface area contributed by atoms with Gasteiger partial charge in [-0.2, -0.15) is 0 Å². The Morgan fingerprint density at radius 3 is 1.11 bits per heavy atom. The first-order valence-corrected chi connectivity index (χ1v) is 26.5. The lowest BCUT2D eigenvalue weighted by Crippen LogP contribution is -2.32. The molecule has 2 amide bonds. The highest BCUT2D eigenvalue weighted by molar-refractivity contribution is 7.86. The Balaban J connectivity index is 0.000000191. The van der Waals surface area contributed by atoms with Crippen LogP contribution in [0.3, 0.4) is 0 Å². The maximum atomic E-state index is 12.9. The fourth-order valence-corrected chi connectivity index (χ4v) is 13.4. The molecule has 0 aromatic heterocycles. The quantitative estimate of drug-likeness (QED) is 0.0827. The Morgan fingerprint density at radius 2 is 0.812 bits per heavy atom. The lowest BCUT2D eigenvalue weighted by atomic mass is 10.00. The summed E-state index contributed by atoms with van der Waals surface area (Å²) < 4.78 is 19.8. The van der Waals surface area contributed by atoms with Crippen molar-refractivity contribution in [3.8, 4) is 0 Å². The van der Waals surface area contributed by atoms with E-state index in [-0.39, 0.29) is 76.4 Å². The molecule has 8 nitrogen and oxygen atoms in total. The highest BCUT2D eigenvalue weighted by atomic mass is 35.5. The van der Waals surface area contributed by atoms with E-state index in [1.54, 1.807) is 48.5 Å². The van der Waals surface area contributed by atoms with Crippen molar-refractivity contribution in [2.75, 3.05) is 33.6 Å². The van der Waals surface area contributed by atoms with Gasteiger partial charge in [0.1, 0.15) is 8.67 Å². The van der Waals surface area contributed by atoms with Crippen molar-refractivity contribution in [2.24, 2.45) is 23.7 Å². The number of hydrogen-bond acceptors (Lipinski definition) is 6. The lowest BCUT2D eigenvalue weighted by molar-refractivity contribution is -0.118. The van der Waals surface area contributed by atoms with E-state index in [4.69, 9.17) is 139 Å². The molecule has 4 unspecified atom stereocenters. The molecule has 340 valence electrons. The summed E-state index contributed by atoms with van der Waals surface area (Å²) >= 11 is 74.4. The fourth-order valence-electron chi connectivity index (χ4n) is 7.65. The number of hydrogen-bond donors (Lipinski definition) is 2. The molecule has 8 rings (SSSR count). The van der Waals surface area contributed by atoms with Gasteiger partial charge in [-0.05, 0) is 83.6 Å². The van der Waals surface area contributed by atoms with Crippen LogP contribution in [-0.4, -0.2) is 63.5 Å². The number of amides is 2. The third kappa shape index (κ3) is 11.0. The van der Waals surface area contributed by atoms with Crippen molar-refractivity contribution in [1.82, 2.24) is 0 Å². The Bertz CT molecular complexity index is 2430. The predicted octanol–water partition coefficient (Wildman–Crippen LogP) is 13.6. The maximum Gasteiger partial charge on any atom is 0.231 e. The Labute approximate surface area is 432 Å². The van der Waals surface area contributed by atoms with Crippen LogP contribution < -0.4 is 10.6 Å². The Kier molecular flexibility index (Phi) is 16.0. The van der Waals surface area contributed by atoms with E-state index in [1.165, 1.54) is 12.1 Å². The van der Waals surface area contributed by atoms with Gasteiger partial charge in [-0.15, -0.1) is 46.4 Å². The number of ketones is 2. The first-order chi connectivity index (χ1) is 30.0. The van der Waals surface area contributed by atoms with Crippen LogP contribution in [0.15, 0.2) is 60.7 Å². The molecule has 2 saturated carbocycles. The molecule has 22 heteroatoms. The molecule has 4 fully saturated rings. The van der Waals surface area contributed by atoms with Gasteiger partial charge in [0.05, 0.1) is 52.0 Å². The molecular formula is C42H30Cl12N2O6S2. The molecule has 0 spiro atoms. The van der Waals surface area contributed by atoms with Crippen LogP contribution in [0.4, 0.5) is 11.4 Å². The van der Waals surface area contributed by atoms with Gasteiger partial charge >= 0.3 is 0 Å². The molecule has 2 heterocycles.